The molecule has 1 rings (SSSR count). The van der Waals surface area contributed by atoms with Gasteiger partial charge in [-0.25, -0.2) is 0 Å². The van der Waals surface area contributed by atoms with Crippen molar-refractivity contribution in [1.82, 2.24) is 10.3 Å². The number of aromatic amines is 1. The quantitative estimate of drug-likeness (QED) is 0.671. The van der Waals surface area contributed by atoms with Gasteiger partial charge in [-0.15, -0.1) is 0 Å². The van der Waals surface area contributed by atoms with E-state index in [4.69, 9.17) is 5.73 Å². The van der Waals surface area contributed by atoms with Gasteiger partial charge in [0.25, 0.3) is 0 Å². The van der Waals surface area contributed by atoms with Gasteiger partial charge in [-0.1, -0.05) is 0 Å². The molecule has 1 atom stereocenters. The summed E-state index contributed by atoms with van der Waals surface area (Å²) in [5.74, 6) is 0. The van der Waals surface area contributed by atoms with E-state index in [0.29, 0.717) is 6.04 Å². The van der Waals surface area contributed by atoms with Crippen LogP contribution in [0.2, 0.25) is 0 Å². The molecule has 0 saturated heterocycles. The molecule has 1 unspecified atom stereocenters. The normalized spacial score (nSPS) is 14.3. The minimum absolute atomic E-state index is 0.0817. The van der Waals surface area contributed by atoms with Crippen molar-refractivity contribution >= 4 is 0 Å². The summed E-state index contributed by atoms with van der Waals surface area (Å²) in [5, 5.41) is 3.29. The second-order valence-electron chi connectivity index (χ2n) is 4.49. The average molecular weight is 195 g/mol. The van der Waals surface area contributed by atoms with Gasteiger partial charge in [0.15, 0.2) is 0 Å². The van der Waals surface area contributed by atoms with Crippen molar-refractivity contribution in [1.29, 1.82) is 0 Å². The van der Waals surface area contributed by atoms with Crippen molar-refractivity contribution in [3.8, 4) is 0 Å². The first-order valence-corrected chi connectivity index (χ1v) is 5.12. The Bertz CT molecular complexity index is 246. The molecule has 0 spiro atoms. The lowest BCUT2D eigenvalue weighted by Gasteiger charge is -2.22. The van der Waals surface area contributed by atoms with Gasteiger partial charge in [0.1, 0.15) is 0 Å². The Morgan fingerprint density at radius 3 is 2.71 bits per heavy atom. The summed E-state index contributed by atoms with van der Waals surface area (Å²) >= 11 is 0. The van der Waals surface area contributed by atoms with E-state index in [2.05, 4.69) is 30.2 Å². The third-order valence-corrected chi connectivity index (χ3v) is 2.42. The summed E-state index contributed by atoms with van der Waals surface area (Å²) in [7, 11) is 1.98. The van der Waals surface area contributed by atoms with Crippen molar-refractivity contribution in [2.75, 3.05) is 7.05 Å². The molecule has 0 aromatic carbocycles. The SMILES string of the molecule is CNC(CCC(C)(C)N)c1ccc[nH]1. The van der Waals surface area contributed by atoms with Crippen LogP contribution < -0.4 is 11.1 Å². The largest absolute Gasteiger partial charge is 0.364 e. The maximum Gasteiger partial charge on any atom is 0.0471 e. The summed E-state index contributed by atoms with van der Waals surface area (Å²) in [6, 6.07) is 4.51. The molecule has 3 heteroatoms. The van der Waals surface area contributed by atoms with Crippen molar-refractivity contribution < 1.29 is 0 Å². The number of H-pyrrole nitrogens is 1. The molecule has 1 heterocycles. The first-order chi connectivity index (χ1) is 6.53. The van der Waals surface area contributed by atoms with Gasteiger partial charge in [-0.05, 0) is 45.9 Å². The van der Waals surface area contributed by atoms with E-state index in [1.165, 1.54) is 5.69 Å². The van der Waals surface area contributed by atoms with E-state index in [1.54, 1.807) is 0 Å². The first kappa shape index (κ1) is 11.3. The van der Waals surface area contributed by atoms with Crippen LogP contribution in [0.5, 0.6) is 0 Å². The van der Waals surface area contributed by atoms with Crippen molar-refractivity contribution in [3.63, 3.8) is 0 Å². The molecule has 0 aliphatic rings. The third-order valence-electron chi connectivity index (χ3n) is 2.42. The van der Waals surface area contributed by atoms with Gasteiger partial charge >= 0.3 is 0 Å². The molecule has 0 radical (unpaired) electrons. The topological polar surface area (TPSA) is 53.8 Å². The zero-order valence-electron chi connectivity index (χ0n) is 9.30. The predicted octanol–water partition coefficient (Wildman–Crippen LogP) is 1.79. The number of nitrogens with one attached hydrogen (secondary N) is 2. The summed E-state index contributed by atoms with van der Waals surface area (Å²) in [4.78, 5) is 3.22. The summed E-state index contributed by atoms with van der Waals surface area (Å²) in [6.07, 6.45) is 4.02. The van der Waals surface area contributed by atoms with Crippen molar-refractivity contribution in [2.24, 2.45) is 5.73 Å². The van der Waals surface area contributed by atoms with Crippen LogP contribution in [0.1, 0.15) is 38.4 Å². The molecule has 0 aliphatic heterocycles. The van der Waals surface area contributed by atoms with Crippen LogP contribution in [-0.2, 0) is 0 Å². The highest BCUT2D eigenvalue weighted by molar-refractivity contribution is 5.09. The fourth-order valence-corrected chi connectivity index (χ4v) is 1.53. The van der Waals surface area contributed by atoms with Crippen molar-refractivity contribution in [2.45, 2.75) is 38.3 Å². The second-order valence-corrected chi connectivity index (χ2v) is 4.49. The van der Waals surface area contributed by atoms with E-state index >= 15 is 0 Å². The van der Waals surface area contributed by atoms with Crippen LogP contribution in [0, 0.1) is 0 Å². The summed E-state index contributed by atoms with van der Waals surface area (Å²) in [6.45, 7) is 4.13. The fraction of sp³-hybridized carbons (Fsp3) is 0.636. The maximum absolute atomic E-state index is 5.95. The van der Waals surface area contributed by atoms with Gasteiger partial charge in [0.2, 0.25) is 0 Å². The lowest BCUT2D eigenvalue weighted by molar-refractivity contribution is 0.408. The van der Waals surface area contributed by atoms with Crippen LogP contribution in [0.3, 0.4) is 0 Å². The van der Waals surface area contributed by atoms with E-state index in [0.717, 1.165) is 12.8 Å². The molecule has 1 aromatic rings. The van der Waals surface area contributed by atoms with E-state index in [1.807, 2.05) is 19.3 Å². The van der Waals surface area contributed by atoms with Crippen LogP contribution in [0.15, 0.2) is 18.3 Å². The third kappa shape index (κ3) is 3.52. The van der Waals surface area contributed by atoms with E-state index in [9.17, 15) is 0 Å². The smallest absolute Gasteiger partial charge is 0.0471 e. The Labute approximate surface area is 86.1 Å². The molecule has 0 fully saturated rings. The highest BCUT2D eigenvalue weighted by atomic mass is 14.9. The molecule has 0 bridgehead atoms. The highest BCUT2D eigenvalue weighted by Gasteiger charge is 2.15. The maximum atomic E-state index is 5.95. The van der Waals surface area contributed by atoms with Gasteiger partial charge in [0.05, 0.1) is 0 Å². The minimum Gasteiger partial charge on any atom is -0.364 e. The lowest BCUT2D eigenvalue weighted by Crippen LogP contribution is -2.33. The number of hydrogen-bond donors (Lipinski definition) is 3. The molecule has 0 aliphatic carbocycles. The highest BCUT2D eigenvalue weighted by Crippen LogP contribution is 2.19. The first-order valence-electron chi connectivity index (χ1n) is 5.12. The Morgan fingerprint density at radius 2 is 2.29 bits per heavy atom. The zero-order valence-corrected chi connectivity index (χ0v) is 9.30. The van der Waals surface area contributed by atoms with Gasteiger partial charge in [0, 0.05) is 23.5 Å². The van der Waals surface area contributed by atoms with Crippen LogP contribution in [-0.4, -0.2) is 17.6 Å². The Balaban J connectivity index is 2.49. The number of aromatic nitrogens is 1. The lowest BCUT2D eigenvalue weighted by atomic mass is 9.96. The van der Waals surface area contributed by atoms with E-state index < -0.39 is 0 Å². The van der Waals surface area contributed by atoms with Crippen LogP contribution in [0.4, 0.5) is 0 Å². The average Bonchev–Trinajstić information content (AvgIpc) is 2.56. The van der Waals surface area contributed by atoms with Gasteiger partial charge in [-0.3, -0.25) is 0 Å². The van der Waals surface area contributed by atoms with Crippen LogP contribution >= 0.6 is 0 Å². The molecule has 1 aromatic heterocycles. The van der Waals surface area contributed by atoms with Gasteiger partial charge in [-0.2, -0.15) is 0 Å². The second kappa shape index (κ2) is 4.62. The number of hydrogen-bond acceptors (Lipinski definition) is 2. The monoisotopic (exact) mass is 195 g/mol. The molecule has 0 amide bonds. The molecule has 0 saturated carbocycles. The zero-order chi connectivity index (χ0) is 10.6. The molecule has 3 nitrogen and oxygen atoms in total. The molecule has 14 heavy (non-hydrogen) atoms. The fourth-order valence-electron chi connectivity index (χ4n) is 1.53. The molecular formula is C11H21N3. The molecule has 80 valence electrons. The predicted molar refractivity (Wildman–Crippen MR) is 60.1 cm³/mol. The Morgan fingerprint density at radius 1 is 1.57 bits per heavy atom. The summed E-state index contributed by atoms with van der Waals surface area (Å²) in [5.41, 5.74) is 7.11. The summed E-state index contributed by atoms with van der Waals surface area (Å²) < 4.78 is 0. The molecular weight excluding hydrogens is 174 g/mol. The van der Waals surface area contributed by atoms with Crippen LogP contribution in [0.25, 0.3) is 0 Å². The van der Waals surface area contributed by atoms with Crippen molar-refractivity contribution in [3.05, 3.63) is 24.0 Å². The number of nitrogens with two attached hydrogens (primary N) is 1. The standard InChI is InChI=1S/C11H21N3/c1-11(2,12)7-6-9(13-3)10-5-4-8-14-10/h4-5,8-9,13-14H,6-7,12H2,1-3H3. The Kier molecular flexibility index (Phi) is 3.72. The van der Waals surface area contributed by atoms with Gasteiger partial charge < -0.3 is 16.0 Å². The number of rotatable bonds is 5. The molecule has 4 N–H and O–H groups in total. The van der Waals surface area contributed by atoms with E-state index in [-0.39, 0.29) is 5.54 Å². The Hall–Kier alpha value is -0.800. The minimum atomic E-state index is -0.0817.